The Hall–Kier alpha value is -5.09. The van der Waals surface area contributed by atoms with Crippen molar-refractivity contribution in [3.8, 4) is 39.5 Å². The minimum atomic E-state index is -2.18. The second-order valence-electron chi connectivity index (χ2n) is 12.9. The van der Waals surface area contributed by atoms with Gasteiger partial charge >= 0.3 is 0 Å². The van der Waals surface area contributed by atoms with Crippen LogP contribution in [0.3, 0.4) is 0 Å². The first kappa shape index (κ1) is 28.6. The van der Waals surface area contributed by atoms with Gasteiger partial charge in [0.25, 0.3) is 0 Å². The van der Waals surface area contributed by atoms with Crippen molar-refractivity contribution in [3.63, 3.8) is 0 Å². The van der Waals surface area contributed by atoms with Crippen molar-refractivity contribution < 1.29 is 32.7 Å². The second kappa shape index (κ2) is 15.4. The molecular weight excluding hydrogens is 803 g/mol. The second-order valence-corrected chi connectivity index (χ2v) is 12.9. The molecule has 0 fully saturated rings. The van der Waals surface area contributed by atoms with E-state index in [4.69, 9.17) is 17.6 Å². The molecule has 3 aromatic heterocycles. The van der Waals surface area contributed by atoms with Crippen LogP contribution < -0.4 is 0 Å². The van der Waals surface area contributed by atoms with Gasteiger partial charge in [0.05, 0.1) is 16.9 Å². The summed E-state index contributed by atoms with van der Waals surface area (Å²) >= 11 is 0. The topological polar surface area (TPSA) is 43.9 Å². The van der Waals surface area contributed by atoms with Crippen LogP contribution in [0.2, 0.25) is 0 Å². The van der Waals surface area contributed by atoms with Gasteiger partial charge in [0.2, 0.25) is 0 Å². The van der Waals surface area contributed by atoms with Gasteiger partial charge in [0.1, 0.15) is 0 Å². The summed E-state index contributed by atoms with van der Waals surface area (Å²) in [4.78, 5) is 9.23. The number of nitrogens with zero attached hydrogens (tertiary/aromatic N) is 3. The molecule has 0 N–H and O–H groups in total. The number of hydrogen-bond acceptors (Lipinski definition) is 3. The van der Waals surface area contributed by atoms with Gasteiger partial charge in [0, 0.05) is 52.1 Å². The summed E-state index contributed by atoms with van der Waals surface area (Å²) in [6.07, 6.45) is 4.52. The summed E-state index contributed by atoms with van der Waals surface area (Å²) in [6.45, 7) is 4.69. The van der Waals surface area contributed by atoms with Crippen LogP contribution in [-0.2, 0) is 20.1 Å². The van der Waals surface area contributed by atoms with E-state index in [0.717, 1.165) is 39.0 Å². The first-order chi connectivity index (χ1) is 26.7. The van der Waals surface area contributed by atoms with Gasteiger partial charge < -0.3 is 14.0 Å². The normalized spacial score (nSPS) is 13.4. The van der Waals surface area contributed by atoms with Crippen molar-refractivity contribution in [2.75, 3.05) is 0 Å². The fraction of sp³-hybridized carbons (Fsp3) is 0.174. The monoisotopic (exact) mass is 850 g/mol. The van der Waals surface area contributed by atoms with Crippen LogP contribution in [0.25, 0.3) is 61.5 Å². The Morgan fingerprint density at radius 2 is 1.45 bits per heavy atom. The van der Waals surface area contributed by atoms with Crippen LogP contribution in [0.5, 0.6) is 0 Å². The molecule has 0 unspecified atom stereocenters. The van der Waals surface area contributed by atoms with Crippen molar-refractivity contribution in [3.05, 3.63) is 162 Å². The number of aryl methyl sites for hydroxylation is 2. The van der Waals surface area contributed by atoms with Crippen molar-refractivity contribution in [2.24, 2.45) is 0 Å². The Labute approximate surface area is 323 Å². The van der Waals surface area contributed by atoms with Crippen LogP contribution >= 0.6 is 0 Å². The third-order valence-electron chi connectivity index (χ3n) is 8.82. The van der Waals surface area contributed by atoms with Gasteiger partial charge in [-0.05, 0) is 64.3 Å². The van der Waals surface area contributed by atoms with Gasteiger partial charge in [-0.25, -0.2) is 0 Å². The molecule has 257 valence electrons. The maximum absolute atomic E-state index is 7.28. The standard InChI is InChI=1S/C33H29N2O.C13H12N.Ir/c1-21(2)25-13-10-14-26(22(3)4)32(25)35-30-16-9-8-15-29(30)34-33(35)28-20-36-31-18-17-24(19-27(28)31)23-11-6-5-7-12-23;1-10-3-6-12(7-4-10)13-8-5-11(2)9-14-13;/h5-19,21-22H,1-4H3;3-6,8-9H,1-2H3;/q2*-1;/i;1D3,2D3;. The predicted molar refractivity (Wildman–Crippen MR) is 207 cm³/mol. The number of rotatable bonds is 6. The molecule has 5 aromatic carbocycles. The van der Waals surface area contributed by atoms with E-state index in [1.54, 1.807) is 12.1 Å². The molecule has 51 heavy (non-hydrogen) atoms. The SMILES string of the molecule is CC(C)c1cccc(C(C)C)c1-n1c(-c2[c-]oc3ccc(-c4ccccc4)cc23)nc2ccccc21.[2H]C([2H])([2H])c1c[c-]c(-c2ccc(C([2H])([2H])[2H])cn2)cc1.[Ir]. The van der Waals surface area contributed by atoms with Crippen LogP contribution in [0.4, 0.5) is 0 Å². The zero-order valence-corrected chi connectivity index (χ0v) is 31.3. The van der Waals surface area contributed by atoms with Crippen molar-refractivity contribution >= 4 is 22.0 Å². The third kappa shape index (κ3) is 7.37. The van der Waals surface area contributed by atoms with Crippen LogP contribution in [-0.4, -0.2) is 14.5 Å². The summed E-state index contributed by atoms with van der Waals surface area (Å²) in [5.74, 6) is 1.58. The number of furan rings is 1. The van der Waals surface area contributed by atoms with Crippen molar-refractivity contribution in [1.29, 1.82) is 0 Å². The molecule has 0 amide bonds. The number of fused-ring (bicyclic) bond motifs is 2. The molecule has 0 bridgehead atoms. The van der Waals surface area contributed by atoms with Gasteiger partial charge in [-0.15, -0.1) is 35.4 Å². The molecule has 0 aliphatic carbocycles. The van der Waals surface area contributed by atoms with Gasteiger partial charge in [-0.1, -0.05) is 136 Å². The van der Waals surface area contributed by atoms with E-state index >= 15 is 0 Å². The molecule has 5 heteroatoms. The molecule has 0 saturated carbocycles. The molecule has 8 aromatic rings. The Kier molecular flexibility index (Phi) is 8.65. The summed E-state index contributed by atoms with van der Waals surface area (Å²) in [6, 6.07) is 42.3. The van der Waals surface area contributed by atoms with Gasteiger partial charge in [0.15, 0.2) is 0 Å². The molecule has 8 rings (SSSR count). The van der Waals surface area contributed by atoms with Crippen LogP contribution in [0, 0.1) is 26.0 Å². The molecule has 1 radical (unpaired) electrons. The van der Waals surface area contributed by atoms with E-state index in [1.807, 2.05) is 18.2 Å². The Balaban J connectivity index is 0.000000223. The first-order valence-corrected chi connectivity index (χ1v) is 16.8. The number of hydrogen-bond donors (Lipinski definition) is 0. The van der Waals surface area contributed by atoms with E-state index in [2.05, 4.69) is 122 Å². The van der Waals surface area contributed by atoms with Gasteiger partial charge in [-0.2, -0.15) is 0 Å². The van der Waals surface area contributed by atoms with E-state index in [-0.39, 0.29) is 31.2 Å². The molecular formula is C46H41IrN3O-2. The molecule has 0 aliphatic rings. The first-order valence-electron chi connectivity index (χ1n) is 19.8. The average molecular weight is 850 g/mol. The fourth-order valence-corrected chi connectivity index (χ4v) is 6.28. The largest absolute Gasteiger partial charge is 0.557 e. The van der Waals surface area contributed by atoms with E-state index in [9.17, 15) is 0 Å². The number of para-hydroxylation sites is 3. The number of pyridine rings is 1. The van der Waals surface area contributed by atoms with E-state index < -0.39 is 13.7 Å². The maximum Gasteiger partial charge on any atom is 0.0774 e. The van der Waals surface area contributed by atoms with Gasteiger partial charge in [-0.3, -0.25) is 4.98 Å². The van der Waals surface area contributed by atoms with Crippen molar-refractivity contribution in [2.45, 2.75) is 53.2 Å². The summed E-state index contributed by atoms with van der Waals surface area (Å²) < 4.78 is 51.9. The minimum Gasteiger partial charge on any atom is -0.557 e. The maximum atomic E-state index is 7.28. The molecule has 4 nitrogen and oxygen atoms in total. The zero-order chi connectivity index (χ0) is 39.8. The van der Waals surface area contributed by atoms with E-state index in [0.29, 0.717) is 23.1 Å². The third-order valence-corrected chi connectivity index (χ3v) is 8.82. The van der Waals surface area contributed by atoms with Crippen molar-refractivity contribution in [1.82, 2.24) is 14.5 Å². The summed E-state index contributed by atoms with van der Waals surface area (Å²) in [7, 11) is 0. The predicted octanol–water partition coefficient (Wildman–Crippen LogP) is 12.3. The molecule has 0 atom stereocenters. The number of aromatic nitrogens is 3. The Morgan fingerprint density at radius 1 is 0.725 bits per heavy atom. The Morgan fingerprint density at radius 3 is 2.12 bits per heavy atom. The van der Waals surface area contributed by atoms with Crippen LogP contribution in [0.15, 0.2) is 132 Å². The Bertz CT molecular complexity index is 2530. The molecule has 0 spiro atoms. The molecule has 0 saturated heterocycles. The smallest absolute Gasteiger partial charge is 0.0774 e. The van der Waals surface area contributed by atoms with Crippen LogP contribution in [0.1, 0.15) is 70.0 Å². The number of benzene rings is 5. The zero-order valence-electron chi connectivity index (χ0n) is 34.9. The van der Waals surface area contributed by atoms with E-state index in [1.165, 1.54) is 46.8 Å². The molecule has 3 heterocycles. The summed E-state index contributed by atoms with van der Waals surface area (Å²) in [5, 5.41) is 1.01. The summed E-state index contributed by atoms with van der Waals surface area (Å²) in [5.41, 5.74) is 11.4. The number of imidazole rings is 1. The quantitative estimate of drug-likeness (QED) is 0.157. The molecule has 0 aliphatic heterocycles. The fourth-order valence-electron chi connectivity index (χ4n) is 6.28. The average Bonchev–Trinajstić information content (AvgIpc) is 3.78. The minimum absolute atomic E-state index is 0.